The maximum Gasteiger partial charge on any atom is 0.151 e. The Labute approximate surface area is 176 Å². The lowest BCUT2D eigenvalue weighted by Gasteiger charge is -2.22. The van der Waals surface area contributed by atoms with Crippen LogP contribution < -0.4 is 4.74 Å². The van der Waals surface area contributed by atoms with Gasteiger partial charge in [0.1, 0.15) is 5.75 Å². The molecule has 2 aliphatic rings. The second-order valence-corrected chi connectivity index (χ2v) is 6.32. The third-order valence-corrected chi connectivity index (χ3v) is 4.33. The molecule has 4 rings (SSSR count). The van der Waals surface area contributed by atoms with Crippen molar-refractivity contribution in [2.75, 3.05) is 6.61 Å². The Bertz CT molecular complexity index is 1240. The van der Waals surface area contributed by atoms with Crippen molar-refractivity contribution in [2.24, 2.45) is 0 Å². The van der Waals surface area contributed by atoms with Crippen LogP contribution in [0.15, 0.2) is 36.4 Å². The molecule has 0 amide bonds. The monoisotopic (exact) mass is 375 g/mol. The van der Waals surface area contributed by atoms with Gasteiger partial charge in [-0.1, -0.05) is 49.5 Å². The van der Waals surface area contributed by atoms with Crippen LogP contribution in [-0.2, 0) is 12.8 Å². The molecule has 27 heavy (non-hydrogen) atoms. The normalized spacial score (nSPS) is 33.6. The number of nitrogens with zero attached hydrogens (tertiary/aromatic N) is 4. The summed E-state index contributed by atoms with van der Waals surface area (Å²) >= 11 is 0. The van der Waals surface area contributed by atoms with E-state index in [2.05, 4.69) is 22.1 Å². The molecular weight excluding hydrogens is 336 g/mol. The van der Waals surface area contributed by atoms with Crippen LogP contribution in [0.5, 0.6) is 5.75 Å². The summed E-state index contributed by atoms with van der Waals surface area (Å²) in [6.45, 7) is 4.28. The highest BCUT2D eigenvalue weighted by Crippen LogP contribution is 2.28. The maximum absolute atomic E-state index is 8.82. The summed E-state index contributed by atoms with van der Waals surface area (Å²) in [5.41, 5.74) is 3.24. The summed E-state index contributed by atoms with van der Waals surface area (Å²) in [7, 11) is 0. The number of ether oxygens (including phenoxy) is 1. The molecule has 0 N–H and O–H groups in total. The Kier molecular flexibility index (Phi) is 2.89. The van der Waals surface area contributed by atoms with E-state index in [1.54, 1.807) is 0 Å². The molecule has 142 valence electrons. The molecule has 1 fully saturated rings. The van der Waals surface area contributed by atoms with Crippen molar-refractivity contribution >= 4 is 6.08 Å². The number of benzene rings is 1. The van der Waals surface area contributed by atoms with Gasteiger partial charge in [-0.2, -0.15) is 0 Å². The molecule has 1 aromatic heterocycles. The number of fused-ring (bicyclic) bond motifs is 1. The van der Waals surface area contributed by atoms with E-state index in [9.17, 15) is 0 Å². The van der Waals surface area contributed by atoms with Gasteiger partial charge in [0.05, 0.1) is 14.0 Å². The fraction of sp³-hybridized carbons (Fsp3) is 0.500. The molecule has 0 spiro atoms. The highest BCUT2D eigenvalue weighted by molar-refractivity contribution is 5.63. The summed E-state index contributed by atoms with van der Waals surface area (Å²) in [6.07, 6.45) is -12.3. The first-order valence-electron chi connectivity index (χ1n) is 14.3. The zero-order valence-electron chi connectivity index (χ0n) is 25.8. The SMILES string of the molecule is [2H]C1([2H])C([2H])([2H])C([2H])([2H])C([2H])(n2nnnc2CCCCOc2ccc3c(c2)C=CC(=C)C3)C([2H])([2H])C1([2H])[2H]. The molecule has 0 unspecified atom stereocenters. The smallest absolute Gasteiger partial charge is 0.151 e. The zero-order valence-corrected chi connectivity index (χ0v) is 14.8. The van der Waals surface area contributed by atoms with E-state index in [-0.39, 0.29) is 12.2 Å². The molecule has 1 saturated carbocycles. The number of unbranched alkanes of at least 4 members (excludes halogenated alkanes) is 1. The minimum atomic E-state index is -3.61. The predicted molar refractivity (Wildman–Crippen MR) is 107 cm³/mol. The summed E-state index contributed by atoms with van der Waals surface area (Å²) in [6, 6.07) is 2.41. The standard InChI is InChI=1S/C22H28N4O/c1-17-10-11-19-16-21(13-12-18(19)15-17)27-14-6-5-9-22-23-24-25-26(22)20-7-3-2-4-8-20/h10-13,16,20H,1-9,14-15H2/i2D2,3D2,4D2,7D2,8D2,20D. The fourth-order valence-electron chi connectivity index (χ4n) is 2.95. The van der Waals surface area contributed by atoms with Crippen molar-refractivity contribution in [2.45, 2.75) is 63.6 Å². The molecule has 5 heteroatoms. The number of hydrogen-bond donors (Lipinski definition) is 0. The Hall–Kier alpha value is -2.43. The molecule has 1 heterocycles. The van der Waals surface area contributed by atoms with Crippen LogP contribution in [0.3, 0.4) is 0 Å². The Balaban J connectivity index is 1.50. The first kappa shape index (κ1) is 9.18. The fourth-order valence-corrected chi connectivity index (χ4v) is 2.95. The second kappa shape index (κ2) is 8.51. The molecule has 1 aromatic carbocycles. The molecule has 2 aliphatic carbocycles. The largest absolute Gasteiger partial charge is 0.494 e. The predicted octanol–water partition coefficient (Wildman–Crippen LogP) is 4.71. The molecule has 0 saturated heterocycles. The summed E-state index contributed by atoms with van der Waals surface area (Å²) in [4.78, 5) is 0. The maximum atomic E-state index is 8.82. The van der Waals surface area contributed by atoms with Gasteiger partial charge in [0, 0.05) is 20.1 Å². The van der Waals surface area contributed by atoms with E-state index in [1.165, 1.54) is 0 Å². The minimum Gasteiger partial charge on any atom is -0.494 e. The molecule has 0 radical (unpaired) electrons. The lowest BCUT2D eigenvalue weighted by atomic mass is 9.94. The van der Waals surface area contributed by atoms with Crippen LogP contribution in [0.25, 0.3) is 6.08 Å². The molecule has 0 bridgehead atoms. The van der Waals surface area contributed by atoms with E-state index in [4.69, 9.17) is 19.8 Å². The Morgan fingerprint density at radius 2 is 2.11 bits per heavy atom. The van der Waals surface area contributed by atoms with Crippen molar-refractivity contribution in [3.8, 4) is 5.75 Å². The number of aryl methyl sites for hydroxylation is 1. The zero-order chi connectivity index (χ0) is 28.4. The summed E-state index contributed by atoms with van der Waals surface area (Å²) < 4.78 is 97.0. The summed E-state index contributed by atoms with van der Waals surface area (Å²) in [5.74, 6) is 0.527. The number of rotatable bonds is 7. The van der Waals surface area contributed by atoms with Crippen molar-refractivity contribution in [1.82, 2.24) is 20.2 Å². The molecule has 0 atom stereocenters. The quantitative estimate of drug-likeness (QED) is 0.658. The van der Waals surface area contributed by atoms with Crippen molar-refractivity contribution in [1.29, 1.82) is 0 Å². The highest BCUT2D eigenvalue weighted by atomic mass is 16.5. The van der Waals surface area contributed by atoms with E-state index in [0.717, 1.165) is 23.1 Å². The summed E-state index contributed by atoms with van der Waals surface area (Å²) in [5, 5.41) is 10.8. The molecule has 2 aromatic rings. The van der Waals surface area contributed by atoms with Gasteiger partial charge in [-0.05, 0) is 65.7 Å². The van der Waals surface area contributed by atoms with Gasteiger partial charge in [-0.3, -0.25) is 0 Å². The number of hydrogen-bond acceptors (Lipinski definition) is 4. The van der Waals surface area contributed by atoms with Crippen LogP contribution in [-0.4, -0.2) is 26.8 Å². The average Bonchev–Trinajstić information content (AvgIpc) is 3.30. The van der Waals surface area contributed by atoms with Gasteiger partial charge in [-0.15, -0.1) is 5.10 Å². The minimum absolute atomic E-state index is 0.0388. The van der Waals surface area contributed by atoms with E-state index < -0.39 is 37.9 Å². The molecular formula is C22H28N4O. The van der Waals surface area contributed by atoms with Gasteiger partial charge in [0.2, 0.25) is 0 Å². The average molecular weight is 376 g/mol. The van der Waals surface area contributed by atoms with Crippen LogP contribution in [0, 0.1) is 0 Å². The number of aromatic nitrogens is 4. The van der Waals surface area contributed by atoms with Crippen LogP contribution in [0.4, 0.5) is 0 Å². The molecule has 0 aliphatic heterocycles. The van der Waals surface area contributed by atoms with Gasteiger partial charge in [-0.25, -0.2) is 4.68 Å². The lowest BCUT2D eigenvalue weighted by molar-refractivity contribution is 0.300. The van der Waals surface area contributed by atoms with Gasteiger partial charge < -0.3 is 4.74 Å². The van der Waals surface area contributed by atoms with E-state index >= 15 is 0 Å². The second-order valence-electron chi connectivity index (χ2n) is 6.32. The van der Waals surface area contributed by atoms with E-state index in [0.29, 0.717) is 29.9 Å². The van der Waals surface area contributed by atoms with Gasteiger partial charge in [0.15, 0.2) is 5.82 Å². The highest BCUT2D eigenvalue weighted by Gasteiger charge is 2.19. The first-order chi connectivity index (χ1) is 17.4. The van der Waals surface area contributed by atoms with Crippen LogP contribution >= 0.6 is 0 Å². The van der Waals surface area contributed by atoms with Crippen molar-refractivity contribution < 1.29 is 19.8 Å². The first-order valence-corrected chi connectivity index (χ1v) is 8.83. The van der Waals surface area contributed by atoms with Gasteiger partial charge >= 0.3 is 0 Å². The molecule has 5 nitrogen and oxygen atoms in total. The van der Waals surface area contributed by atoms with Crippen LogP contribution in [0.1, 0.15) is 82.8 Å². The Morgan fingerprint density at radius 3 is 3.00 bits per heavy atom. The van der Waals surface area contributed by atoms with Crippen LogP contribution in [0.2, 0.25) is 0 Å². The number of tetrazole rings is 1. The number of allylic oxidation sites excluding steroid dienone is 2. The third-order valence-electron chi connectivity index (χ3n) is 4.33. The lowest BCUT2D eigenvalue weighted by Crippen LogP contribution is -2.17. The topological polar surface area (TPSA) is 52.8 Å². The van der Waals surface area contributed by atoms with Crippen molar-refractivity contribution in [3.05, 3.63) is 53.4 Å². The third kappa shape index (κ3) is 4.46. The van der Waals surface area contributed by atoms with Crippen molar-refractivity contribution in [3.63, 3.8) is 0 Å². The van der Waals surface area contributed by atoms with E-state index in [1.807, 2.05) is 30.4 Å². The Morgan fingerprint density at radius 1 is 1.22 bits per heavy atom. The van der Waals surface area contributed by atoms with Gasteiger partial charge in [0.25, 0.3) is 0 Å².